The third-order valence-electron chi connectivity index (χ3n) is 6.86. The molecule has 0 saturated carbocycles. The second-order valence-electron chi connectivity index (χ2n) is 9.56. The van der Waals surface area contributed by atoms with Gasteiger partial charge in [0.15, 0.2) is 0 Å². The minimum absolute atomic E-state index is 0.00524. The lowest BCUT2D eigenvalue weighted by Crippen LogP contribution is -2.52. The van der Waals surface area contributed by atoms with Crippen molar-refractivity contribution >= 4 is 23.1 Å². The summed E-state index contributed by atoms with van der Waals surface area (Å²) in [6.07, 6.45) is 2.21. The number of carbonyl (C=O) groups excluding carboxylic acids is 1. The second-order valence-corrected chi connectivity index (χ2v) is 9.56. The van der Waals surface area contributed by atoms with E-state index in [1.807, 2.05) is 29.4 Å². The Morgan fingerprint density at radius 3 is 2.71 bits per heavy atom. The molecule has 2 unspecified atom stereocenters. The number of fused-ring (bicyclic) bond motifs is 5. The summed E-state index contributed by atoms with van der Waals surface area (Å²) in [6.45, 7) is 5.51. The minimum Gasteiger partial charge on any atom is -0.506 e. The van der Waals surface area contributed by atoms with Crippen molar-refractivity contribution in [3.8, 4) is 5.75 Å². The van der Waals surface area contributed by atoms with Crippen molar-refractivity contribution in [2.45, 2.75) is 38.8 Å². The summed E-state index contributed by atoms with van der Waals surface area (Å²) in [5, 5.41) is 11.0. The fourth-order valence-electron chi connectivity index (χ4n) is 5.20. The topological polar surface area (TPSA) is 105 Å². The van der Waals surface area contributed by atoms with Crippen molar-refractivity contribution in [2.24, 2.45) is 16.8 Å². The van der Waals surface area contributed by atoms with E-state index in [2.05, 4.69) is 4.99 Å². The zero-order valence-corrected chi connectivity index (χ0v) is 19.2. The standard InChI is InChI=1S/C26H27N3O5/c1-15(2)23(27-11-19-24(31)18-6-3-4-8-21(18)34-26(19)33)25(32)28-12-16-10-17(14-28)20-7-5-9-22(30)29(20)13-16/h3-9,11,15-17,23,31H,10,12-14H2,1-2H3/t16?,17?,23-/m0/s1. The highest BCUT2D eigenvalue weighted by Crippen LogP contribution is 2.35. The second kappa shape index (κ2) is 8.59. The Labute approximate surface area is 196 Å². The summed E-state index contributed by atoms with van der Waals surface area (Å²) in [6, 6.07) is 11.3. The monoisotopic (exact) mass is 461 g/mol. The fraction of sp³-hybridized carbons (Fsp3) is 0.385. The number of piperidine rings is 1. The Morgan fingerprint density at radius 1 is 1.12 bits per heavy atom. The average molecular weight is 462 g/mol. The van der Waals surface area contributed by atoms with Crippen LogP contribution in [-0.2, 0) is 11.3 Å². The lowest BCUT2D eigenvalue weighted by Gasteiger charge is -2.43. The predicted molar refractivity (Wildman–Crippen MR) is 128 cm³/mol. The normalized spacial score (nSPS) is 20.6. The zero-order chi connectivity index (χ0) is 24.0. The van der Waals surface area contributed by atoms with Crippen LogP contribution in [0.5, 0.6) is 5.75 Å². The highest BCUT2D eigenvalue weighted by molar-refractivity contribution is 5.94. The van der Waals surface area contributed by atoms with Crippen molar-refractivity contribution in [3.05, 3.63) is 74.5 Å². The van der Waals surface area contributed by atoms with Gasteiger partial charge < -0.3 is 19.0 Å². The highest BCUT2D eigenvalue weighted by atomic mass is 16.4. The van der Waals surface area contributed by atoms with Crippen molar-refractivity contribution < 1.29 is 14.3 Å². The molecule has 2 aliphatic heterocycles. The fourth-order valence-corrected chi connectivity index (χ4v) is 5.20. The average Bonchev–Trinajstić information content (AvgIpc) is 2.81. The molecule has 176 valence electrons. The Kier molecular flexibility index (Phi) is 5.59. The first-order valence-corrected chi connectivity index (χ1v) is 11.6. The van der Waals surface area contributed by atoms with Gasteiger partial charge in [0.2, 0.25) is 5.91 Å². The van der Waals surface area contributed by atoms with E-state index < -0.39 is 11.7 Å². The van der Waals surface area contributed by atoms with Crippen LogP contribution < -0.4 is 11.2 Å². The maximum Gasteiger partial charge on any atom is 0.348 e. The van der Waals surface area contributed by atoms with Gasteiger partial charge in [-0.15, -0.1) is 0 Å². The summed E-state index contributed by atoms with van der Waals surface area (Å²) in [4.78, 5) is 44.5. The number of pyridine rings is 1. The van der Waals surface area contributed by atoms with Crippen LogP contribution in [0.15, 0.2) is 61.5 Å². The molecule has 3 aromatic rings. The van der Waals surface area contributed by atoms with E-state index in [0.717, 1.165) is 12.1 Å². The number of hydrogen-bond acceptors (Lipinski definition) is 6. The van der Waals surface area contributed by atoms with Gasteiger partial charge in [-0.05, 0) is 36.5 Å². The third-order valence-corrected chi connectivity index (χ3v) is 6.86. The smallest absolute Gasteiger partial charge is 0.348 e. The molecule has 2 aromatic heterocycles. The van der Waals surface area contributed by atoms with Crippen LogP contribution in [0.25, 0.3) is 11.0 Å². The first kappa shape index (κ1) is 22.1. The van der Waals surface area contributed by atoms with Crippen LogP contribution in [0.2, 0.25) is 0 Å². The number of aliphatic imine (C=N–C) groups is 1. The molecule has 34 heavy (non-hydrogen) atoms. The molecule has 1 fully saturated rings. The summed E-state index contributed by atoms with van der Waals surface area (Å²) >= 11 is 0. The lowest BCUT2D eigenvalue weighted by molar-refractivity contribution is -0.136. The number of hydrogen-bond donors (Lipinski definition) is 1. The molecule has 4 heterocycles. The molecule has 1 N–H and O–H groups in total. The molecule has 2 aliphatic rings. The predicted octanol–water partition coefficient (Wildman–Crippen LogP) is 2.75. The maximum atomic E-state index is 13.5. The Bertz CT molecular complexity index is 1400. The summed E-state index contributed by atoms with van der Waals surface area (Å²) in [5.41, 5.74) is 0.499. The van der Waals surface area contributed by atoms with Gasteiger partial charge in [-0.3, -0.25) is 14.6 Å². The lowest BCUT2D eigenvalue weighted by atomic mass is 9.82. The molecule has 2 bridgehead atoms. The van der Waals surface area contributed by atoms with Crippen LogP contribution >= 0.6 is 0 Å². The highest BCUT2D eigenvalue weighted by Gasteiger charge is 2.38. The third kappa shape index (κ3) is 3.83. The number of rotatable bonds is 4. The number of benzene rings is 1. The zero-order valence-electron chi connectivity index (χ0n) is 19.2. The summed E-state index contributed by atoms with van der Waals surface area (Å²) in [7, 11) is 0. The molecule has 0 spiro atoms. The molecule has 5 rings (SSSR count). The van der Waals surface area contributed by atoms with Crippen molar-refractivity contribution in [1.82, 2.24) is 9.47 Å². The van der Waals surface area contributed by atoms with E-state index in [1.54, 1.807) is 36.4 Å². The van der Waals surface area contributed by atoms with Gasteiger partial charge in [-0.1, -0.05) is 32.0 Å². The number of para-hydroxylation sites is 1. The Hall–Kier alpha value is -3.68. The summed E-state index contributed by atoms with van der Waals surface area (Å²) < 4.78 is 7.14. The SMILES string of the molecule is CC(C)[C@H](N=Cc1c(O)c2ccccc2oc1=O)C(=O)N1CC2CC(C1)c1cccc(=O)n1C2. The van der Waals surface area contributed by atoms with E-state index in [-0.39, 0.29) is 46.1 Å². The molecule has 8 nitrogen and oxygen atoms in total. The maximum absolute atomic E-state index is 13.5. The van der Waals surface area contributed by atoms with Crippen LogP contribution in [0.4, 0.5) is 0 Å². The first-order valence-electron chi connectivity index (χ1n) is 11.6. The van der Waals surface area contributed by atoms with E-state index in [1.165, 1.54) is 6.21 Å². The van der Waals surface area contributed by atoms with Gasteiger partial charge in [-0.25, -0.2) is 4.79 Å². The molecule has 8 heteroatoms. The number of aromatic hydroxyl groups is 1. The number of amides is 1. The number of aromatic nitrogens is 1. The number of carbonyl (C=O) groups is 1. The van der Waals surface area contributed by atoms with E-state index in [4.69, 9.17) is 4.42 Å². The van der Waals surface area contributed by atoms with Gasteiger partial charge in [0.25, 0.3) is 5.56 Å². The molecular formula is C26H27N3O5. The molecule has 1 aromatic carbocycles. The number of nitrogens with zero attached hydrogens (tertiary/aromatic N) is 3. The molecule has 1 amide bonds. The molecule has 0 radical (unpaired) electrons. The molecule has 0 aliphatic carbocycles. The molecule has 1 saturated heterocycles. The van der Waals surface area contributed by atoms with Crippen LogP contribution in [0.1, 0.15) is 37.4 Å². The molecule has 3 atom stereocenters. The minimum atomic E-state index is -0.706. The van der Waals surface area contributed by atoms with Gasteiger partial charge in [0, 0.05) is 43.5 Å². The van der Waals surface area contributed by atoms with Gasteiger partial charge in [-0.2, -0.15) is 0 Å². The first-order chi connectivity index (χ1) is 16.3. The van der Waals surface area contributed by atoms with E-state index >= 15 is 0 Å². The van der Waals surface area contributed by atoms with Gasteiger partial charge in [0.1, 0.15) is 22.9 Å². The quantitative estimate of drug-likeness (QED) is 0.475. The summed E-state index contributed by atoms with van der Waals surface area (Å²) in [5.74, 6) is -0.116. The van der Waals surface area contributed by atoms with Gasteiger partial charge in [0.05, 0.1) is 5.39 Å². The van der Waals surface area contributed by atoms with Crippen LogP contribution in [0, 0.1) is 11.8 Å². The van der Waals surface area contributed by atoms with Crippen LogP contribution in [0.3, 0.4) is 0 Å². The van der Waals surface area contributed by atoms with Crippen molar-refractivity contribution in [1.29, 1.82) is 0 Å². The van der Waals surface area contributed by atoms with Crippen molar-refractivity contribution in [2.75, 3.05) is 13.1 Å². The van der Waals surface area contributed by atoms with Crippen molar-refractivity contribution in [3.63, 3.8) is 0 Å². The molecular weight excluding hydrogens is 434 g/mol. The largest absolute Gasteiger partial charge is 0.506 e. The Balaban J connectivity index is 1.42. The van der Waals surface area contributed by atoms with E-state index in [9.17, 15) is 19.5 Å². The van der Waals surface area contributed by atoms with E-state index in [0.29, 0.717) is 25.0 Å². The van der Waals surface area contributed by atoms with Gasteiger partial charge >= 0.3 is 5.63 Å². The number of likely N-dealkylation sites (tertiary alicyclic amines) is 1. The Morgan fingerprint density at radius 2 is 1.91 bits per heavy atom. The van der Waals surface area contributed by atoms with Crippen LogP contribution in [-0.4, -0.2) is 45.8 Å².